The minimum Gasteiger partial charge on any atom is -0.325 e. The van der Waals surface area contributed by atoms with Crippen LogP contribution >= 0.6 is 0 Å². The highest BCUT2D eigenvalue weighted by Crippen LogP contribution is 2.26. The molecule has 0 aliphatic rings. The molecule has 2 heteroatoms. The zero-order valence-corrected chi connectivity index (χ0v) is 11.2. The van der Waals surface area contributed by atoms with Crippen molar-refractivity contribution in [2.45, 2.75) is 27.2 Å². The Hall–Kier alpha value is -1.83. The predicted octanol–water partition coefficient (Wildman–Crippen LogP) is 4.21. The molecule has 2 aromatic rings. The van der Waals surface area contributed by atoms with Crippen LogP contribution in [0.1, 0.15) is 27.2 Å². The molecule has 0 fully saturated rings. The fraction of sp³-hybridized carbons (Fsp3) is 0.312. The van der Waals surface area contributed by atoms with E-state index in [0.717, 1.165) is 22.9 Å². The molecule has 18 heavy (non-hydrogen) atoms. The third kappa shape index (κ3) is 2.37. The zero-order chi connectivity index (χ0) is 13.2. The third-order valence-electron chi connectivity index (χ3n) is 3.54. The van der Waals surface area contributed by atoms with E-state index < -0.39 is 0 Å². The van der Waals surface area contributed by atoms with E-state index in [-0.39, 0.29) is 11.3 Å². The van der Waals surface area contributed by atoms with Gasteiger partial charge in [0.15, 0.2) is 0 Å². The Morgan fingerprint density at radius 3 is 2.50 bits per heavy atom. The van der Waals surface area contributed by atoms with E-state index in [9.17, 15) is 4.79 Å². The Kier molecular flexibility index (Phi) is 3.37. The summed E-state index contributed by atoms with van der Waals surface area (Å²) in [4.78, 5) is 12.2. The summed E-state index contributed by atoms with van der Waals surface area (Å²) in [6.45, 7) is 5.96. The van der Waals surface area contributed by atoms with Crippen LogP contribution in [0.5, 0.6) is 0 Å². The molecule has 0 saturated heterocycles. The van der Waals surface area contributed by atoms with Gasteiger partial charge in [0.1, 0.15) is 0 Å². The number of nitrogens with one attached hydrogen (secondary N) is 1. The largest absolute Gasteiger partial charge is 0.325 e. The molecule has 0 heterocycles. The normalized spacial score (nSPS) is 11.5. The van der Waals surface area contributed by atoms with Gasteiger partial charge in [-0.1, -0.05) is 57.2 Å². The summed E-state index contributed by atoms with van der Waals surface area (Å²) in [5, 5.41) is 5.26. The number of anilines is 1. The van der Waals surface area contributed by atoms with Crippen molar-refractivity contribution >= 4 is 22.4 Å². The predicted molar refractivity (Wildman–Crippen MR) is 76.6 cm³/mol. The van der Waals surface area contributed by atoms with Crippen molar-refractivity contribution in [3.8, 4) is 0 Å². The fourth-order valence-corrected chi connectivity index (χ4v) is 1.79. The van der Waals surface area contributed by atoms with Crippen molar-refractivity contribution in [3.05, 3.63) is 42.5 Å². The van der Waals surface area contributed by atoms with E-state index in [1.807, 2.05) is 51.1 Å². The topological polar surface area (TPSA) is 29.1 Å². The number of fused-ring (bicyclic) bond motifs is 1. The summed E-state index contributed by atoms with van der Waals surface area (Å²) < 4.78 is 0. The van der Waals surface area contributed by atoms with E-state index in [2.05, 4.69) is 17.4 Å². The highest BCUT2D eigenvalue weighted by atomic mass is 16.2. The summed E-state index contributed by atoms with van der Waals surface area (Å²) in [6, 6.07) is 14.0. The lowest BCUT2D eigenvalue weighted by Gasteiger charge is -2.22. The van der Waals surface area contributed by atoms with Gasteiger partial charge >= 0.3 is 0 Å². The first kappa shape index (κ1) is 12.6. The van der Waals surface area contributed by atoms with Crippen molar-refractivity contribution < 1.29 is 4.79 Å². The van der Waals surface area contributed by atoms with Gasteiger partial charge in [0.2, 0.25) is 5.91 Å². The van der Waals surface area contributed by atoms with Crippen LogP contribution in [0, 0.1) is 5.41 Å². The van der Waals surface area contributed by atoms with Gasteiger partial charge < -0.3 is 5.32 Å². The number of carbonyl (C=O) groups is 1. The molecule has 0 aliphatic carbocycles. The average molecular weight is 241 g/mol. The molecule has 2 nitrogen and oxygen atoms in total. The van der Waals surface area contributed by atoms with Crippen molar-refractivity contribution in [3.63, 3.8) is 0 Å². The van der Waals surface area contributed by atoms with Crippen LogP contribution in [0.15, 0.2) is 42.5 Å². The number of hydrogen-bond donors (Lipinski definition) is 1. The lowest BCUT2D eigenvalue weighted by molar-refractivity contribution is -0.124. The summed E-state index contributed by atoms with van der Waals surface area (Å²) in [7, 11) is 0. The van der Waals surface area contributed by atoms with E-state index in [0.29, 0.717) is 0 Å². The highest BCUT2D eigenvalue weighted by Gasteiger charge is 2.25. The number of amides is 1. The van der Waals surface area contributed by atoms with Gasteiger partial charge in [0, 0.05) is 16.5 Å². The van der Waals surface area contributed by atoms with Crippen molar-refractivity contribution in [2.75, 3.05) is 5.32 Å². The molecule has 1 amide bonds. The van der Waals surface area contributed by atoms with Crippen LogP contribution < -0.4 is 5.32 Å². The Morgan fingerprint density at radius 2 is 1.78 bits per heavy atom. The third-order valence-corrected chi connectivity index (χ3v) is 3.54. The maximum Gasteiger partial charge on any atom is 0.230 e. The first-order valence-corrected chi connectivity index (χ1v) is 6.34. The molecular weight excluding hydrogens is 222 g/mol. The summed E-state index contributed by atoms with van der Waals surface area (Å²) in [6.07, 6.45) is 0.823. The van der Waals surface area contributed by atoms with Crippen molar-refractivity contribution in [2.24, 2.45) is 5.41 Å². The Labute approximate surface area is 108 Å². The minimum absolute atomic E-state index is 0.0707. The molecular formula is C16H19NO. The summed E-state index contributed by atoms with van der Waals surface area (Å²) in [5.74, 6) is 0.0707. The molecule has 0 saturated carbocycles. The second-order valence-electron chi connectivity index (χ2n) is 5.22. The van der Waals surface area contributed by atoms with E-state index in [1.54, 1.807) is 0 Å². The van der Waals surface area contributed by atoms with E-state index >= 15 is 0 Å². The van der Waals surface area contributed by atoms with Crippen LogP contribution in [0.3, 0.4) is 0 Å². The molecule has 0 spiro atoms. The van der Waals surface area contributed by atoms with Gasteiger partial charge in [0.05, 0.1) is 0 Å². The molecule has 0 aliphatic heterocycles. The highest BCUT2D eigenvalue weighted by molar-refractivity contribution is 6.03. The molecule has 1 N–H and O–H groups in total. The Morgan fingerprint density at radius 1 is 1.11 bits per heavy atom. The van der Waals surface area contributed by atoms with Gasteiger partial charge in [-0.15, -0.1) is 0 Å². The monoisotopic (exact) mass is 241 g/mol. The van der Waals surface area contributed by atoms with Crippen LogP contribution in [0.2, 0.25) is 0 Å². The maximum atomic E-state index is 12.2. The maximum absolute atomic E-state index is 12.2. The van der Waals surface area contributed by atoms with Gasteiger partial charge in [0.25, 0.3) is 0 Å². The Bertz CT molecular complexity index is 567. The molecule has 0 unspecified atom stereocenters. The average Bonchev–Trinajstić information content (AvgIpc) is 2.39. The van der Waals surface area contributed by atoms with Crippen molar-refractivity contribution in [1.29, 1.82) is 0 Å². The second-order valence-corrected chi connectivity index (χ2v) is 5.22. The molecule has 0 atom stereocenters. The second kappa shape index (κ2) is 4.81. The van der Waals surface area contributed by atoms with Gasteiger partial charge in [-0.3, -0.25) is 4.79 Å². The van der Waals surface area contributed by atoms with E-state index in [1.165, 1.54) is 0 Å². The number of carbonyl (C=O) groups excluding carboxylic acids is 1. The van der Waals surface area contributed by atoms with Gasteiger partial charge in [-0.25, -0.2) is 0 Å². The molecule has 0 bridgehead atoms. The summed E-state index contributed by atoms with van der Waals surface area (Å²) in [5.41, 5.74) is 0.552. The number of benzene rings is 2. The van der Waals surface area contributed by atoms with Crippen LogP contribution in [0.25, 0.3) is 10.8 Å². The SMILES string of the molecule is CCC(C)(C)C(=O)Nc1cccc2ccccc12. The first-order chi connectivity index (χ1) is 8.54. The zero-order valence-electron chi connectivity index (χ0n) is 11.2. The smallest absolute Gasteiger partial charge is 0.230 e. The lowest BCUT2D eigenvalue weighted by atomic mass is 9.89. The van der Waals surface area contributed by atoms with Crippen LogP contribution in [0.4, 0.5) is 5.69 Å². The quantitative estimate of drug-likeness (QED) is 0.856. The minimum atomic E-state index is -0.336. The Balaban J connectivity index is 2.36. The fourth-order valence-electron chi connectivity index (χ4n) is 1.79. The summed E-state index contributed by atoms with van der Waals surface area (Å²) >= 11 is 0. The standard InChI is InChI=1S/C16H19NO/c1-4-16(2,3)15(18)17-14-11-7-9-12-8-5-6-10-13(12)14/h5-11H,4H2,1-3H3,(H,17,18). The number of rotatable bonds is 3. The molecule has 0 radical (unpaired) electrons. The van der Waals surface area contributed by atoms with Crippen LogP contribution in [-0.2, 0) is 4.79 Å². The van der Waals surface area contributed by atoms with E-state index in [4.69, 9.17) is 0 Å². The lowest BCUT2D eigenvalue weighted by Crippen LogP contribution is -2.30. The molecule has 0 aromatic heterocycles. The molecule has 2 rings (SSSR count). The van der Waals surface area contributed by atoms with Gasteiger partial charge in [-0.2, -0.15) is 0 Å². The number of hydrogen-bond acceptors (Lipinski definition) is 1. The molecule has 94 valence electrons. The molecule has 2 aromatic carbocycles. The van der Waals surface area contributed by atoms with Crippen molar-refractivity contribution in [1.82, 2.24) is 0 Å². The van der Waals surface area contributed by atoms with Gasteiger partial charge in [-0.05, 0) is 17.9 Å². The first-order valence-electron chi connectivity index (χ1n) is 6.34. The van der Waals surface area contributed by atoms with Crippen LogP contribution in [-0.4, -0.2) is 5.91 Å².